The Bertz CT molecular complexity index is 964. The SMILES string of the molecule is CCCCCC(C(=O)Oc1ccc(C(=O)C2CC2)cc1)C(=O)Oc1ccc(C(=O)C2CC2)cc1. The number of ether oxygens (including phenoxy) is 2. The standard InChI is InChI=1S/C28H30O6/c1-2-3-4-5-24(27(31)33-22-14-10-20(11-15-22)25(29)18-6-7-18)28(32)34-23-16-12-21(13-17-23)26(30)19-8-9-19/h10-19,24H,2-9H2,1H3. The summed E-state index contributed by atoms with van der Waals surface area (Å²) in [6.45, 7) is 2.04. The molecule has 0 bridgehead atoms. The number of hydrogen-bond donors (Lipinski definition) is 0. The van der Waals surface area contributed by atoms with E-state index >= 15 is 0 Å². The molecule has 2 aromatic carbocycles. The monoisotopic (exact) mass is 462 g/mol. The van der Waals surface area contributed by atoms with Crippen LogP contribution in [0.15, 0.2) is 48.5 Å². The van der Waals surface area contributed by atoms with Crippen LogP contribution in [0.1, 0.15) is 79.0 Å². The average molecular weight is 463 g/mol. The smallest absolute Gasteiger partial charge is 0.325 e. The Hall–Kier alpha value is -3.28. The van der Waals surface area contributed by atoms with Crippen molar-refractivity contribution in [3.05, 3.63) is 59.7 Å². The number of esters is 2. The number of ketones is 2. The van der Waals surface area contributed by atoms with Crippen molar-refractivity contribution in [1.82, 2.24) is 0 Å². The topological polar surface area (TPSA) is 86.7 Å². The maximum absolute atomic E-state index is 12.9. The van der Waals surface area contributed by atoms with E-state index < -0.39 is 17.9 Å². The van der Waals surface area contributed by atoms with Gasteiger partial charge in [0.25, 0.3) is 0 Å². The number of hydrogen-bond acceptors (Lipinski definition) is 6. The number of rotatable bonds is 12. The van der Waals surface area contributed by atoms with Crippen LogP contribution in [0.3, 0.4) is 0 Å². The molecular weight excluding hydrogens is 432 g/mol. The van der Waals surface area contributed by atoms with E-state index in [2.05, 4.69) is 0 Å². The summed E-state index contributed by atoms with van der Waals surface area (Å²) in [5.74, 6) is -1.38. The summed E-state index contributed by atoms with van der Waals surface area (Å²) in [6, 6.07) is 12.9. The Morgan fingerprint density at radius 2 is 1.12 bits per heavy atom. The summed E-state index contributed by atoms with van der Waals surface area (Å²) < 4.78 is 10.9. The normalized spacial score (nSPS) is 15.1. The Kier molecular flexibility index (Phi) is 7.56. The molecule has 2 aromatic rings. The summed E-state index contributed by atoms with van der Waals surface area (Å²) >= 11 is 0. The molecule has 178 valence electrons. The lowest BCUT2D eigenvalue weighted by Gasteiger charge is -2.15. The fourth-order valence-corrected chi connectivity index (χ4v) is 3.84. The molecule has 34 heavy (non-hydrogen) atoms. The van der Waals surface area contributed by atoms with Crippen molar-refractivity contribution < 1.29 is 28.7 Å². The summed E-state index contributed by atoms with van der Waals surface area (Å²) in [5.41, 5.74) is 1.20. The van der Waals surface area contributed by atoms with Gasteiger partial charge >= 0.3 is 11.9 Å². The summed E-state index contributed by atoms with van der Waals surface area (Å²) in [4.78, 5) is 50.1. The first-order chi connectivity index (χ1) is 16.5. The minimum Gasteiger partial charge on any atom is -0.426 e. The molecule has 0 atom stereocenters. The molecular formula is C28H30O6. The van der Waals surface area contributed by atoms with E-state index in [0.717, 1.165) is 38.5 Å². The number of benzene rings is 2. The first-order valence-corrected chi connectivity index (χ1v) is 12.2. The zero-order valence-corrected chi connectivity index (χ0v) is 19.5. The quantitative estimate of drug-likeness (QED) is 0.135. The summed E-state index contributed by atoms with van der Waals surface area (Å²) in [7, 11) is 0. The van der Waals surface area contributed by atoms with Crippen LogP contribution in [-0.4, -0.2) is 23.5 Å². The van der Waals surface area contributed by atoms with Gasteiger partial charge in [0.05, 0.1) is 0 Å². The van der Waals surface area contributed by atoms with Crippen LogP contribution in [0, 0.1) is 17.8 Å². The largest absolute Gasteiger partial charge is 0.426 e. The van der Waals surface area contributed by atoms with Gasteiger partial charge < -0.3 is 9.47 Å². The molecule has 0 aliphatic heterocycles. The average Bonchev–Trinajstić information content (AvgIpc) is 3.75. The van der Waals surface area contributed by atoms with Gasteiger partial charge in [0.15, 0.2) is 17.5 Å². The lowest BCUT2D eigenvalue weighted by molar-refractivity contribution is -0.151. The molecule has 0 unspecified atom stereocenters. The second-order valence-corrected chi connectivity index (χ2v) is 9.22. The van der Waals surface area contributed by atoms with E-state index in [-0.39, 0.29) is 34.9 Å². The Labute approximate surface area is 199 Å². The molecule has 2 fully saturated rings. The van der Waals surface area contributed by atoms with E-state index in [4.69, 9.17) is 9.47 Å². The van der Waals surface area contributed by atoms with Crippen molar-refractivity contribution >= 4 is 23.5 Å². The zero-order chi connectivity index (χ0) is 24.1. The van der Waals surface area contributed by atoms with Crippen LogP contribution in [0.2, 0.25) is 0 Å². The highest BCUT2D eigenvalue weighted by atomic mass is 16.6. The second kappa shape index (κ2) is 10.8. The zero-order valence-electron chi connectivity index (χ0n) is 19.5. The highest BCUT2D eigenvalue weighted by Gasteiger charge is 2.32. The Morgan fingerprint density at radius 3 is 1.47 bits per heavy atom. The second-order valence-electron chi connectivity index (χ2n) is 9.22. The van der Waals surface area contributed by atoms with Gasteiger partial charge in [-0.25, -0.2) is 0 Å². The minimum atomic E-state index is -1.06. The molecule has 2 saturated carbocycles. The van der Waals surface area contributed by atoms with E-state index in [1.165, 1.54) is 0 Å². The van der Waals surface area contributed by atoms with Gasteiger partial charge in [-0.15, -0.1) is 0 Å². The van der Waals surface area contributed by atoms with Crippen LogP contribution < -0.4 is 9.47 Å². The van der Waals surface area contributed by atoms with Gasteiger partial charge in [0.2, 0.25) is 0 Å². The highest BCUT2D eigenvalue weighted by Crippen LogP contribution is 2.34. The third-order valence-corrected chi connectivity index (χ3v) is 6.28. The molecule has 2 aliphatic carbocycles. The first kappa shape index (κ1) is 23.9. The molecule has 0 saturated heterocycles. The molecule has 2 aliphatic rings. The molecule has 0 aromatic heterocycles. The number of carbonyl (C=O) groups is 4. The van der Waals surface area contributed by atoms with E-state index in [1.807, 2.05) is 6.92 Å². The van der Waals surface area contributed by atoms with Crippen molar-refractivity contribution in [1.29, 1.82) is 0 Å². The van der Waals surface area contributed by atoms with Crippen molar-refractivity contribution in [3.8, 4) is 11.5 Å². The van der Waals surface area contributed by atoms with Crippen LogP contribution >= 0.6 is 0 Å². The summed E-state index contributed by atoms with van der Waals surface area (Å²) in [5, 5.41) is 0. The molecule has 0 radical (unpaired) electrons. The maximum Gasteiger partial charge on any atom is 0.325 e. The number of Topliss-reactive ketones (excluding diaryl/α,β-unsaturated/α-hetero) is 2. The predicted octanol–water partition coefficient (Wildman–Crippen LogP) is 5.58. The Balaban J connectivity index is 1.39. The summed E-state index contributed by atoms with van der Waals surface area (Å²) in [6.07, 6.45) is 6.55. The molecule has 0 amide bonds. The van der Waals surface area contributed by atoms with Gasteiger partial charge in [-0.3, -0.25) is 19.2 Å². The molecule has 0 heterocycles. The molecule has 4 rings (SSSR count). The van der Waals surface area contributed by atoms with Crippen molar-refractivity contribution in [3.63, 3.8) is 0 Å². The van der Waals surface area contributed by atoms with E-state index in [0.29, 0.717) is 24.0 Å². The van der Waals surface area contributed by atoms with E-state index in [9.17, 15) is 19.2 Å². The van der Waals surface area contributed by atoms with Crippen molar-refractivity contribution in [2.45, 2.75) is 58.3 Å². The Morgan fingerprint density at radius 1 is 0.706 bits per heavy atom. The molecule has 0 N–H and O–H groups in total. The van der Waals surface area contributed by atoms with E-state index in [1.54, 1.807) is 48.5 Å². The van der Waals surface area contributed by atoms with Gasteiger partial charge in [0, 0.05) is 23.0 Å². The lowest BCUT2D eigenvalue weighted by Crippen LogP contribution is -2.31. The van der Waals surface area contributed by atoms with Gasteiger partial charge in [-0.1, -0.05) is 26.2 Å². The van der Waals surface area contributed by atoms with Crippen LogP contribution in [-0.2, 0) is 9.59 Å². The molecule has 6 nitrogen and oxygen atoms in total. The highest BCUT2D eigenvalue weighted by molar-refractivity contribution is 6.00. The first-order valence-electron chi connectivity index (χ1n) is 12.2. The maximum atomic E-state index is 12.9. The fraction of sp³-hybridized carbons (Fsp3) is 0.429. The molecule has 6 heteroatoms. The van der Waals surface area contributed by atoms with Gasteiger partial charge in [-0.2, -0.15) is 0 Å². The third-order valence-electron chi connectivity index (χ3n) is 6.28. The van der Waals surface area contributed by atoms with Gasteiger partial charge in [0.1, 0.15) is 11.5 Å². The predicted molar refractivity (Wildman–Crippen MR) is 126 cm³/mol. The lowest BCUT2D eigenvalue weighted by atomic mass is 10.0. The van der Waals surface area contributed by atoms with Crippen LogP contribution in [0.5, 0.6) is 11.5 Å². The fourth-order valence-electron chi connectivity index (χ4n) is 3.84. The number of carbonyl (C=O) groups excluding carboxylic acids is 4. The third kappa shape index (κ3) is 6.19. The van der Waals surface area contributed by atoms with Crippen LogP contribution in [0.25, 0.3) is 0 Å². The van der Waals surface area contributed by atoms with Gasteiger partial charge in [-0.05, 0) is 80.6 Å². The number of unbranched alkanes of at least 4 members (excludes halogenated alkanes) is 2. The van der Waals surface area contributed by atoms with Crippen molar-refractivity contribution in [2.75, 3.05) is 0 Å². The van der Waals surface area contributed by atoms with Crippen LogP contribution in [0.4, 0.5) is 0 Å². The minimum absolute atomic E-state index is 0.115. The van der Waals surface area contributed by atoms with Crippen molar-refractivity contribution in [2.24, 2.45) is 17.8 Å². The molecule has 0 spiro atoms.